The first-order valence-corrected chi connectivity index (χ1v) is 8.78. The van der Waals surface area contributed by atoms with Crippen molar-refractivity contribution in [3.05, 3.63) is 71.7 Å². The molecule has 1 aromatic heterocycles. The maximum Gasteiger partial charge on any atom is 0.256 e. The summed E-state index contributed by atoms with van der Waals surface area (Å²) in [6, 6.07) is 14.4. The summed E-state index contributed by atoms with van der Waals surface area (Å²) in [5.74, 6) is -0.705. The molecule has 0 aliphatic carbocycles. The molecule has 132 valence electrons. The zero-order chi connectivity index (χ0) is 18.1. The molecule has 2 heterocycles. The van der Waals surface area contributed by atoms with Crippen LogP contribution in [-0.2, 0) is 0 Å². The van der Waals surface area contributed by atoms with Crippen LogP contribution >= 0.6 is 0 Å². The number of aryl methyl sites for hydroxylation is 1. The van der Waals surface area contributed by atoms with Crippen molar-refractivity contribution in [2.45, 2.75) is 6.92 Å². The molecule has 1 aliphatic rings. The first-order valence-electron chi connectivity index (χ1n) is 8.78. The fourth-order valence-corrected chi connectivity index (χ4v) is 3.51. The standard InChI is InChI=1S/C21H20FN3O/c1-15-8-9-19(20-16(15)6-4-10-23-20)24-11-13-25(14-12-24)21(26)17-5-2-3-7-18(17)22/h2-10H,11-14H2,1H3. The number of halogens is 1. The molecule has 26 heavy (non-hydrogen) atoms. The largest absolute Gasteiger partial charge is 0.366 e. The van der Waals surface area contributed by atoms with Gasteiger partial charge in [-0.1, -0.05) is 24.3 Å². The highest BCUT2D eigenvalue weighted by molar-refractivity contribution is 5.95. The summed E-state index contributed by atoms with van der Waals surface area (Å²) >= 11 is 0. The van der Waals surface area contributed by atoms with Gasteiger partial charge in [-0.25, -0.2) is 4.39 Å². The zero-order valence-corrected chi connectivity index (χ0v) is 14.7. The zero-order valence-electron chi connectivity index (χ0n) is 14.7. The van der Waals surface area contributed by atoms with Crippen LogP contribution in [0.1, 0.15) is 15.9 Å². The van der Waals surface area contributed by atoms with Crippen LogP contribution < -0.4 is 4.90 Å². The van der Waals surface area contributed by atoms with Gasteiger partial charge < -0.3 is 9.80 Å². The van der Waals surface area contributed by atoms with E-state index in [1.807, 2.05) is 12.3 Å². The molecule has 1 aliphatic heterocycles. The van der Waals surface area contributed by atoms with Crippen LogP contribution in [0, 0.1) is 12.7 Å². The number of nitrogens with zero attached hydrogens (tertiary/aromatic N) is 3. The Morgan fingerprint density at radius 1 is 1.00 bits per heavy atom. The Hall–Kier alpha value is -2.95. The van der Waals surface area contributed by atoms with Gasteiger partial charge >= 0.3 is 0 Å². The third-order valence-electron chi connectivity index (χ3n) is 4.98. The minimum atomic E-state index is -0.464. The van der Waals surface area contributed by atoms with E-state index < -0.39 is 5.82 Å². The minimum Gasteiger partial charge on any atom is -0.366 e. The lowest BCUT2D eigenvalue weighted by molar-refractivity contribution is 0.0742. The van der Waals surface area contributed by atoms with Gasteiger partial charge in [0.2, 0.25) is 0 Å². The first kappa shape index (κ1) is 16.5. The summed E-state index contributed by atoms with van der Waals surface area (Å²) in [4.78, 5) is 21.1. The van der Waals surface area contributed by atoms with Gasteiger partial charge in [0.1, 0.15) is 5.82 Å². The van der Waals surface area contributed by atoms with E-state index in [1.54, 1.807) is 23.1 Å². The van der Waals surface area contributed by atoms with Crippen LogP contribution in [0.5, 0.6) is 0 Å². The third kappa shape index (κ3) is 2.90. The number of aromatic nitrogens is 1. The maximum atomic E-state index is 13.9. The van der Waals surface area contributed by atoms with Gasteiger partial charge in [0, 0.05) is 37.8 Å². The van der Waals surface area contributed by atoms with Crippen molar-refractivity contribution in [1.29, 1.82) is 0 Å². The fraction of sp³-hybridized carbons (Fsp3) is 0.238. The number of hydrogen-bond acceptors (Lipinski definition) is 3. The van der Waals surface area contributed by atoms with Crippen LogP contribution in [-0.4, -0.2) is 42.0 Å². The van der Waals surface area contributed by atoms with Crippen LogP contribution in [0.4, 0.5) is 10.1 Å². The highest BCUT2D eigenvalue weighted by Gasteiger charge is 2.25. The van der Waals surface area contributed by atoms with Gasteiger partial charge in [0.15, 0.2) is 0 Å². The van der Waals surface area contributed by atoms with Crippen molar-refractivity contribution < 1.29 is 9.18 Å². The Kier molecular flexibility index (Phi) is 4.29. The Morgan fingerprint density at radius 2 is 1.77 bits per heavy atom. The predicted octanol–water partition coefficient (Wildman–Crippen LogP) is 3.64. The average Bonchev–Trinajstić information content (AvgIpc) is 2.69. The Balaban J connectivity index is 1.54. The fourth-order valence-electron chi connectivity index (χ4n) is 3.51. The summed E-state index contributed by atoms with van der Waals surface area (Å²) in [7, 11) is 0. The topological polar surface area (TPSA) is 36.4 Å². The molecule has 0 radical (unpaired) electrons. The normalized spacial score (nSPS) is 14.7. The molecule has 0 atom stereocenters. The number of fused-ring (bicyclic) bond motifs is 1. The smallest absolute Gasteiger partial charge is 0.256 e. The Bertz CT molecular complexity index is 964. The SMILES string of the molecule is Cc1ccc(N2CCN(C(=O)c3ccccc3F)CC2)c2ncccc12. The summed E-state index contributed by atoms with van der Waals surface area (Å²) < 4.78 is 13.9. The van der Waals surface area contributed by atoms with E-state index in [1.165, 1.54) is 11.6 Å². The van der Waals surface area contributed by atoms with E-state index in [-0.39, 0.29) is 11.5 Å². The molecule has 5 heteroatoms. The van der Waals surface area contributed by atoms with E-state index in [4.69, 9.17) is 0 Å². The molecule has 0 N–H and O–H groups in total. The summed E-state index contributed by atoms with van der Waals surface area (Å²) in [6.45, 7) is 4.62. The second-order valence-corrected chi connectivity index (χ2v) is 6.56. The van der Waals surface area contributed by atoms with E-state index >= 15 is 0 Å². The summed E-state index contributed by atoms with van der Waals surface area (Å²) in [5, 5.41) is 1.15. The molecule has 4 rings (SSSR count). The molecule has 0 bridgehead atoms. The minimum absolute atomic E-state index is 0.142. The highest BCUT2D eigenvalue weighted by Crippen LogP contribution is 2.28. The molecule has 0 unspecified atom stereocenters. The predicted molar refractivity (Wildman–Crippen MR) is 101 cm³/mol. The van der Waals surface area contributed by atoms with Gasteiger partial charge in [-0.3, -0.25) is 9.78 Å². The van der Waals surface area contributed by atoms with Crippen molar-refractivity contribution in [3.8, 4) is 0 Å². The number of piperazine rings is 1. The van der Waals surface area contributed by atoms with Crippen LogP contribution in [0.3, 0.4) is 0 Å². The van der Waals surface area contributed by atoms with E-state index in [0.29, 0.717) is 26.2 Å². The lowest BCUT2D eigenvalue weighted by atomic mass is 10.1. The number of carbonyl (C=O) groups excluding carboxylic acids is 1. The van der Waals surface area contributed by atoms with E-state index in [0.717, 1.165) is 16.6 Å². The molecule has 1 saturated heterocycles. The van der Waals surface area contributed by atoms with Crippen molar-refractivity contribution in [2.24, 2.45) is 0 Å². The number of anilines is 1. The number of carbonyl (C=O) groups is 1. The van der Waals surface area contributed by atoms with Gasteiger partial charge in [-0.2, -0.15) is 0 Å². The number of hydrogen-bond donors (Lipinski definition) is 0. The van der Waals surface area contributed by atoms with Crippen molar-refractivity contribution in [2.75, 3.05) is 31.1 Å². The second kappa shape index (κ2) is 6.75. The molecule has 1 fully saturated rings. The molecule has 2 aromatic carbocycles. The van der Waals surface area contributed by atoms with Crippen LogP contribution in [0.2, 0.25) is 0 Å². The molecule has 1 amide bonds. The van der Waals surface area contributed by atoms with Gasteiger partial charge in [0.05, 0.1) is 16.8 Å². The van der Waals surface area contributed by atoms with Gasteiger partial charge in [-0.15, -0.1) is 0 Å². The number of pyridine rings is 1. The average molecular weight is 349 g/mol. The van der Waals surface area contributed by atoms with E-state index in [2.05, 4.69) is 35.0 Å². The first-order chi connectivity index (χ1) is 12.6. The molecule has 3 aromatic rings. The Labute approximate surface area is 151 Å². The number of rotatable bonds is 2. The third-order valence-corrected chi connectivity index (χ3v) is 4.98. The lowest BCUT2D eigenvalue weighted by Gasteiger charge is -2.36. The Morgan fingerprint density at radius 3 is 2.54 bits per heavy atom. The molecular weight excluding hydrogens is 329 g/mol. The second-order valence-electron chi connectivity index (χ2n) is 6.56. The highest BCUT2D eigenvalue weighted by atomic mass is 19.1. The van der Waals surface area contributed by atoms with Crippen LogP contribution in [0.15, 0.2) is 54.7 Å². The number of benzene rings is 2. The van der Waals surface area contributed by atoms with Crippen LogP contribution in [0.25, 0.3) is 10.9 Å². The van der Waals surface area contributed by atoms with Gasteiger partial charge in [0.25, 0.3) is 5.91 Å². The van der Waals surface area contributed by atoms with Crippen molar-refractivity contribution in [3.63, 3.8) is 0 Å². The van der Waals surface area contributed by atoms with E-state index in [9.17, 15) is 9.18 Å². The molecule has 0 spiro atoms. The van der Waals surface area contributed by atoms with Crippen molar-refractivity contribution in [1.82, 2.24) is 9.88 Å². The molecule has 0 saturated carbocycles. The molecule has 4 nitrogen and oxygen atoms in total. The molecular formula is C21H20FN3O. The summed E-state index contributed by atoms with van der Waals surface area (Å²) in [5.41, 5.74) is 3.42. The monoisotopic (exact) mass is 349 g/mol. The van der Waals surface area contributed by atoms with Crippen molar-refractivity contribution >= 4 is 22.5 Å². The maximum absolute atomic E-state index is 13.9. The van der Waals surface area contributed by atoms with Gasteiger partial charge in [-0.05, 0) is 36.8 Å². The quantitative estimate of drug-likeness (QED) is 0.709. The number of amides is 1. The lowest BCUT2D eigenvalue weighted by Crippen LogP contribution is -2.49. The summed E-state index contributed by atoms with van der Waals surface area (Å²) in [6.07, 6.45) is 1.81.